The summed E-state index contributed by atoms with van der Waals surface area (Å²) < 4.78 is 5.79. The second-order valence-corrected chi connectivity index (χ2v) is 11.4. The summed E-state index contributed by atoms with van der Waals surface area (Å²) in [6, 6.07) is 6.71. The summed E-state index contributed by atoms with van der Waals surface area (Å²) in [7, 11) is 0. The van der Waals surface area contributed by atoms with Gasteiger partial charge in [-0.3, -0.25) is 14.4 Å². The summed E-state index contributed by atoms with van der Waals surface area (Å²) >= 11 is 4.25. The van der Waals surface area contributed by atoms with Crippen LogP contribution in [0.5, 0.6) is 0 Å². The number of benzene rings is 1. The number of anilines is 1. The molecule has 4 rings (SSSR count). The molecule has 1 aromatic rings. The fourth-order valence-corrected chi connectivity index (χ4v) is 9.07. The van der Waals surface area contributed by atoms with Gasteiger partial charge >= 0.3 is 5.97 Å². The molecule has 1 heterocycles. The Morgan fingerprint density at radius 1 is 1.07 bits per heavy atom. The van der Waals surface area contributed by atoms with Crippen LogP contribution < -0.4 is 5.32 Å². The maximum absolute atomic E-state index is 12.7. The number of nitrogens with one attached hydrogen (secondary N) is 1. The summed E-state index contributed by atoms with van der Waals surface area (Å²) in [5, 5.41) is 2.75. The van der Waals surface area contributed by atoms with E-state index >= 15 is 0 Å². The molecule has 1 N–H and O–H groups in total. The largest absolute Gasteiger partial charge is 0.457 e. The van der Waals surface area contributed by atoms with Crippen molar-refractivity contribution in [1.29, 1.82) is 0 Å². The Bertz CT molecular complexity index is 788. The number of ether oxygens (including phenoxy) is 1. The molecular formula is C23H29NO4S2. The van der Waals surface area contributed by atoms with E-state index in [1.54, 1.807) is 31.2 Å². The molecule has 1 spiro atoms. The van der Waals surface area contributed by atoms with Gasteiger partial charge < -0.3 is 10.1 Å². The zero-order chi connectivity index (χ0) is 21.1. The maximum Gasteiger partial charge on any atom is 0.309 e. The van der Waals surface area contributed by atoms with Crippen molar-refractivity contribution in [2.24, 2.45) is 17.8 Å². The van der Waals surface area contributed by atoms with E-state index in [1.807, 2.05) is 0 Å². The molecule has 1 aliphatic heterocycles. The van der Waals surface area contributed by atoms with Crippen molar-refractivity contribution >= 4 is 46.9 Å². The highest BCUT2D eigenvalue weighted by molar-refractivity contribution is 8.21. The molecule has 30 heavy (non-hydrogen) atoms. The molecule has 0 radical (unpaired) electrons. The van der Waals surface area contributed by atoms with Gasteiger partial charge in [0, 0.05) is 29.2 Å². The van der Waals surface area contributed by atoms with Crippen LogP contribution in [0.2, 0.25) is 0 Å². The SMILES string of the molecule is CCC(=O)Nc1ccc(C(=O)COC(=O)C2CC3CCCC(C2)C32SCCS2)cc1. The number of amides is 1. The third-order valence-corrected chi connectivity index (χ3v) is 10.6. The molecule has 2 aliphatic carbocycles. The Labute approximate surface area is 186 Å². The van der Waals surface area contributed by atoms with Crippen LogP contribution in [0.25, 0.3) is 0 Å². The number of carbonyl (C=O) groups excluding carboxylic acids is 3. The fraction of sp³-hybridized carbons (Fsp3) is 0.609. The fourth-order valence-electron chi connectivity index (χ4n) is 5.13. The monoisotopic (exact) mass is 447 g/mol. The highest BCUT2D eigenvalue weighted by atomic mass is 32.2. The van der Waals surface area contributed by atoms with E-state index in [4.69, 9.17) is 4.74 Å². The van der Waals surface area contributed by atoms with Gasteiger partial charge in [-0.15, -0.1) is 23.5 Å². The molecule has 1 amide bonds. The molecule has 2 unspecified atom stereocenters. The Kier molecular flexibility index (Phi) is 6.78. The van der Waals surface area contributed by atoms with Crippen LogP contribution in [0.4, 0.5) is 5.69 Å². The molecule has 2 bridgehead atoms. The van der Waals surface area contributed by atoms with Crippen molar-refractivity contribution in [2.45, 2.75) is 49.5 Å². The summed E-state index contributed by atoms with van der Waals surface area (Å²) in [6.07, 6.45) is 5.89. The van der Waals surface area contributed by atoms with E-state index in [2.05, 4.69) is 28.8 Å². The number of rotatable bonds is 6. The number of carbonyl (C=O) groups is 3. The molecule has 1 saturated heterocycles. The van der Waals surface area contributed by atoms with Gasteiger partial charge in [0.15, 0.2) is 12.4 Å². The average Bonchev–Trinajstić information content (AvgIpc) is 3.21. The van der Waals surface area contributed by atoms with Gasteiger partial charge in [0.25, 0.3) is 0 Å². The molecule has 2 saturated carbocycles. The van der Waals surface area contributed by atoms with E-state index < -0.39 is 0 Å². The van der Waals surface area contributed by atoms with Gasteiger partial charge in [0.2, 0.25) is 5.91 Å². The van der Waals surface area contributed by atoms with Gasteiger partial charge in [-0.2, -0.15) is 0 Å². The van der Waals surface area contributed by atoms with Crippen molar-refractivity contribution in [2.75, 3.05) is 23.4 Å². The predicted molar refractivity (Wildman–Crippen MR) is 122 cm³/mol. The maximum atomic E-state index is 12.7. The van der Waals surface area contributed by atoms with Crippen molar-refractivity contribution < 1.29 is 19.1 Å². The van der Waals surface area contributed by atoms with Gasteiger partial charge in [-0.25, -0.2) is 0 Å². The van der Waals surface area contributed by atoms with Crippen LogP contribution in [0.1, 0.15) is 55.8 Å². The number of Topliss-reactive ketones (excluding diaryl/α,β-unsaturated/α-hetero) is 1. The molecule has 7 heteroatoms. The minimum Gasteiger partial charge on any atom is -0.457 e. The van der Waals surface area contributed by atoms with Crippen molar-refractivity contribution in [1.82, 2.24) is 0 Å². The average molecular weight is 448 g/mol. The highest BCUT2D eigenvalue weighted by Gasteiger charge is 2.55. The van der Waals surface area contributed by atoms with Crippen LogP contribution in [0.15, 0.2) is 24.3 Å². The summed E-state index contributed by atoms with van der Waals surface area (Å²) in [5.41, 5.74) is 1.14. The van der Waals surface area contributed by atoms with Crippen LogP contribution in [0.3, 0.4) is 0 Å². The predicted octanol–water partition coefficient (Wildman–Crippen LogP) is 4.76. The number of hydrogen-bond acceptors (Lipinski definition) is 6. The first-order valence-electron chi connectivity index (χ1n) is 10.9. The zero-order valence-electron chi connectivity index (χ0n) is 17.4. The minimum absolute atomic E-state index is 0.0727. The van der Waals surface area contributed by atoms with Crippen LogP contribution in [-0.2, 0) is 14.3 Å². The van der Waals surface area contributed by atoms with E-state index in [-0.39, 0.29) is 30.2 Å². The first-order valence-corrected chi connectivity index (χ1v) is 12.9. The minimum atomic E-state index is -0.222. The van der Waals surface area contributed by atoms with Crippen LogP contribution in [-0.4, -0.2) is 39.9 Å². The van der Waals surface area contributed by atoms with Crippen LogP contribution >= 0.6 is 23.5 Å². The molecule has 162 valence electrons. The topological polar surface area (TPSA) is 72.5 Å². The van der Waals surface area contributed by atoms with Gasteiger partial charge in [-0.1, -0.05) is 13.3 Å². The normalized spacial score (nSPS) is 26.9. The van der Waals surface area contributed by atoms with Gasteiger partial charge in [0.1, 0.15) is 0 Å². The first kappa shape index (κ1) is 21.8. The van der Waals surface area contributed by atoms with E-state index in [1.165, 1.54) is 30.8 Å². The van der Waals surface area contributed by atoms with E-state index in [0.29, 0.717) is 33.6 Å². The molecule has 1 aromatic carbocycles. The lowest BCUT2D eigenvalue weighted by Crippen LogP contribution is -2.48. The Balaban J connectivity index is 1.30. The second kappa shape index (κ2) is 9.35. The smallest absolute Gasteiger partial charge is 0.309 e. The number of esters is 1. The van der Waals surface area contributed by atoms with Crippen molar-refractivity contribution in [3.63, 3.8) is 0 Å². The molecule has 2 atom stereocenters. The molecule has 3 fully saturated rings. The molecule has 3 aliphatic rings. The third kappa shape index (κ3) is 4.42. The zero-order valence-corrected chi connectivity index (χ0v) is 19.0. The summed E-state index contributed by atoms with van der Waals surface area (Å²) in [6.45, 7) is 1.56. The number of ketones is 1. The third-order valence-electron chi connectivity index (χ3n) is 6.61. The molecular weight excluding hydrogens is 418 g/mol. The summed E-state index contributed by atoms with van der Waals surface area (Å²) in [4.78, 5) is 36.6. The van der Waals surface area contributed by atoms with Crippen molar-refractivity contribution in [3.05, 3.63) is 29.8 Å². The van der Waals surface area contributed by atoms with E-state index in [9.17, 15) is 14.4 Å². The lowest BCUT2D eigenvalue weighted by atomic mass is 9.67. The van der Waals surface area contributed by atoms with Gasteiger partial charge in [-0.05, 0) is 61.8 Å². The molecule has 5 nitrogen and oxygen atoms in total. The Morgan fingerprint density at radius 2 is 1.70 bits per heavy atom. The van der Waals surface area contributed by atoms with Crippen molar-refractivity contribution in [3.8, 4) is 0 Å². The highest BCUT2D eigenvalue weighted by Crippen LogP contribution is 2.64. The Hall–Kier alpha value is -1.47. The van der Waals surface area contributed by atoms with Gasteiger partial charge in [0.05, 0.1) is 10.00 Å². The summed E-state index contributed by atoms with van der Waals surface area (Å²) in [5.74, 6) is 3.04. The van der Waals surface area contributed by atoms with Crippen LogP contribution in [0, 0.1) is 17.8 Å². The lowest BCUT2D eigenvalue weighted by molar-refractivity contribution is -0.150. The number of hydrogen-bond donors (Lipinski definition) is 1. The standard InChI is InChI=1S/C23H29NO4S2/c1-2-21(26)24-19-8-6-15(7-9-19)20(25)14-28-22(27)16-12-17-4-3-5-18(13-16)23(17)29-10-11-30-23/h6-9,16-18H,2-5,10-14H2,1H3,(H,24,26). The quantitative estimate of drug-likeness (QED) is 0.501. The molecule has 0 aromatic heterocycles. The second-order valence-electron chi connectivity index (χ2n) is 8.42. The first-order chi connectivity index (χ1) is 14.5. The number of thioether (sulfide) groups is 2. The Morgan fingerprint density at radius 3 is 2.30 bits per heavy atom. The van der Waals surface area contributed by atoms with E-state index in [0.717, 1.165) is 12.8 Å². The lowest BCUT2D eigenvalue weighted by Gasteiger charge is -2.51.